The average molecular weight is 290 g/mol. The monoisotopic (exact) mass is 290 g/mol. The summed E-state index contributed by atoms with van der Waals surface area (Å²) in [5.41, 5.74) is 1.06. The number of non-ortho nitro benzene ring substituents is 1. The molecule has 0 unspecified atom stereocenters. The topological polar surface area (TPSA) is 93.6 Å². The lowest BCUT2D eigenvalue weighted by atomic mass is 10.1. The van der Waals surface area contributed by atoms with E-state index in [0.29, 0.717) is 24.3 Å². The molecule has 0 saturated carbocycles. The number of nitro benzene ring substituents is 1. The van der Waals surface area contributed by atoms with E-state index in [1.807, 2.05) is 11.8 Å². The number of piperazine rings is 1. The van der Waals surface area contributed by atoms with Crippen molar-refractivity contribution < 1.29 is 10.0 Å². The minimum absolute atomic E-state index is 0.00449. The van der Waals surface area contributed by atoms with Gasteiger partial charge in [-0.2, -0.15) is 5.26 Å². The van der Waals surface area contributed by atoms with Gasteiger partial charge in [-0.15, -0.1) is 0 Å². The predicted molar refractivity (Wildman–Crippen MR) is 78.1 cm³/mol. The Kier molecular flexibility index (Phi) is 4.73. The SMILES string of the molecule is C[C@@H](CO)N1CCN(c2cc([N+](=O)[O-])ccc2C#N)CC1. The summed E-state index contributed by atoms with van der Waals surface area (Å²) in [4.78, 5) is 14.6. The molecule has 0 radical (unpaired) electrons. The van der Waals surface area contributed by atoms with E-state index in [1.165, 1.54) is 18.2 Å². The van der Waals surface area contributed by atoms with Gasteiger partial charge in [0, 0.05) is 44.4 Å². The van der Waals surface area contributed by atoms with Crippen LogP contribution >= 0.6 is 0 Å². The molecule has 1 atom stereocenters. The summed E-state index contributed by atoms with van der Waals surface area (Å²) in [6.45, 7) is 4.95. The van der Waals surface area contributed by atoms with Gasteiger partial charge in [-0.05, 0) is 13.0 Å². The highest BCUT2D eigenvalue weighted by Crippen LogP contribution is 2.26. The molecule has 1 aromatic rings. The van der Waals surface area contributed by atoms with Crippen LogP contribution in [-0.4, -0.2) is 53.8 Å². The first-order valence-corrected chi connectivity index (χ1v) is 6.85. The number of nitriles is 1. The summed E-state index contributed by atoms with van der Waals surface area (Å²) in [7, 11) is 0. The molecule has 7 heteroatoms. The molecule has 1 heterocycles. The van der Waals surface area contributed by atoms with Crippen molar-refractivity contribution in [1.82, 2.24) is 4.90 Å². The van der Waals surface area contributed by atoms with Crippen molar-refractivity contribution in [3.63, 3.8) is 0 Å². The van der Waals surface area contributed by atoms with E-state index < -0.39 is 4.92 Å². The lowest BCUT2D eigenvalue weighted by Gasteiger charge is -2.38. The van der Waals surface area contributed by atoms with Gasteiger partial charge in [-0.25, -0.2) is 0 Å². The van der Waals surface area contributed by atoms with E-state index in [4.69, 9.17) is 5.26 Å². The van der Waals surface area contributed by atoms with Crippen LogP contribution in [0.15, 0.2) is 18.2 Å². The number of benzene rings is 1. The molecular formula is C14H18N4O3. The van der Waals surface area contributed by atoms with Crippen molar-refractivity contribution >= 4 is 11.4 Å². The highest BCUT2D eigenvalue weighted by atomic mass is 16.6. The number of aliphatic hydroxyl groups excluding tert-OH is 1. The number of nitrogens with zero attached hydrogens (tertiary/aromatic N) is 4. The molecule has 0 aromatic heterocycles. The van der Waals surface area contributed by atoms with Crippen LogP contribution in [0.4, 0.5) is 11.4 Å². The Balaban J connectivity index is 2.18. The normalized spacial score (nSPS) is 17.3. The maximum atomic E-state index is 10.9. The number of anilines is 1. The van der Waals surface area contributed by atoms with E-state index in [-0.39, 0.29) is 18.3 Å². The molecule has 21 heavy (non-hydrogen) atoms. The van der Waals surface area contributed by atoms with Crippen LogP contribution in [0.2, 0.25) is 0 Å². The largest absolute Gasteiger partial charge is 0.395 e. The van der Waals surface area contributed by atoms with E-state index in [1.54, 1.807) is 0 Å². The van der Waals surface area contributed by atoms with E-state index in [9.17, 15) is 15.2 Å². The van der Waals surface area contributed by atoms with Gasteiger partial charge in [-0.1, -0.05) is 0 Å². The second kappa shape index (κ2) is 6.52. The summed E-state index contributed by atoms with van der Waals surface area (Å²) in [5.74, 6) is 0. The zero-order valence-electron chi connectivity index (χ0n) is 11.9. The Labute approximate surface area is 123 Å². The van der Waals surface area contributed by atoms with Crippen LogP contribution in [0.1, 0.15) is 12.5 Å². The number of nitro groups is 1. The van der Waals surface area contributed by atoms with Crippen molar-refractivity contribution in [2.45, 2.75) is 13.0 Å². The molecule has 1 aromatic carbocycles. The maximum Gasteiger partial charge on any atom is 0.271 e. The van der Waals surface area contributed by atoms with Crippen LogP contribution < -0.4 is 4.90 Å². The summed E-state index contributed by atoms with van der Waals surface area (Å²) in [6, 6.07) is 6.50. The summed E-state index contributed by atoms with van der Waals surface area (Å²) >= 11 is 0. The van der Waals surface area contributed by atoms with Gasteiger partial charge < -0.3 is 10.0 Å². The van der Waals surface area contributed by atoms with E-state index in [0.717, 1.165) is 13.1 Å². The fourth-order valence-electron chi connectivity index (χ4n) is 2.51. The predicted octanol–water partition coefficient (Wildman–Crippen LogP) is 0.969. The minimum atomic E-state index is -0.450. The average Bonchev–Trinajstić information content (AvgIpc) is 2.53. The Bertz CT molecular complexity index is 562. The Morgan fingerprint density at radius 2 is 2.10 bits per heavy atom. The van der Waals surface area contributed by atoms with Gasteiger partial charge in [0.2, 0.25) is 0 Å². The third-order valence-corrected chi connectivity index (χ3v) is 3.86. The van der Waals surface area contributed by atoms with Crippen LogP contribution in [-0.2, 0) is 0 Å². The van der Waals surface area contributed by atoms with Crippen molar-refractivity contribution in [2.75, 3.05) is 37.7 Å². The molecule has 112 valence electrons. The van der Waals surface area contributed by atoms with Gasteiger partial charge in [0.15, 0.2) is 0 Å². The number of hydrogen-bond acceptors (Lipinski definition) is 6. The molecule has 1 fully saturated rings. The molecule has 1 aliphatic heterocycles. The maximum absolute atomic E-state index is 10.9. The summed E-state index contributed by atoms with van der Waals surface area (Å²) < 4.78 is 0. The molecule has 0 bridgehead atoms. The van der Waals surface area contributed by atoms with Crippen molar-refractivity contribution in [3.8, 4) is 6.07 Å². The molecule has 1 N–H and O–H groups in total. The van der Waals surface area contributed by atoms with Crippen LogP contribution in [0.25, 0.3) is 0 Å². The summed E-state index contributed by atoms with van der Waals surface area (Å²) in [6.07, 6.45) is 0. The molecule has 0 amide bonds. The zero-order valence-corrected chi connectivity index (χ0v) is 11.9. The van der Waals surface area contributed by atoms with E-state index >= 15 is 0 Å². The van der Waals surface area contributed by atoms with E-state index in [2.05, 4.69) is 11.0 Å². The standard InChI is InChI=1S/C14H18N4O3/c1-11(10-19)16-4-6-17(7-5-16)14-8-13(18(20)21)3-2-12(14)9-15/h2-3,8,11,19H,4-7,10H2,1H3/t11-/m0/s1. The molecule has 2 rings (SSSR count). The molecule has 0 aliphatic carbocycles. The molecule has 0 spiro atoms. The van der Waals surface area contributed by atoms with Gasteiger partial charge in [-0.3, -0.25) is 15.0 Å². The van der Waals surface area contributed by atoms with Gasteiger partial charge in [0.05, 0.1) is 22.8 Å². The van der Waals surface area contributed by atoms with Crippen molar-refractivity contribution in [1.29, 1.82) is 5.26 Å². The first kappa shape index (κ1) is 15.2. The Morgan fingerprint density at radius 3 is 2.62 bits per heavy atom. The molecule has 7 nitrogen and oxygen atoms in total. The lowest BCUT2D eigenvalue weighted by molar-refractivity contribution is -0.384. The second-order valence-corrected chi connectivity index (χ2v) is 5.12. The van der Waals surface area contributed by atoms with Crippen LogP contribution in [0.5, 0.6) is 0 Å². The smallest absolute Gasteiger partial charge is 0.271 e. The highest BCUT2D eigenvalue weighted by molar-refractivity contribution is 5.63. The fourth-order valence-corrected chi connectivity index (χ4v) is 2.51. The quantitative estimate of drug-likeness (QED) is 0.656. The molecule has 1 aliphatic rings. The fraction of sp³-hybridized carbons (Fsp3) is 0.500. The third-order valence-electron chi connectivity index (χ3n) is 3.86. The lowest BCUT2D eigenvalue weighted by Crippen LogP contribution is -2.50. The zero-order chi connectivity index (χ0) is 15.4. The number of aliphatic hydroxyl groups is 1. The van der Waals surface area contributed by atoms with Gasteiger partial charge >= 0.3 is 0 Å². The van der Waals surface area contributed by atoms with Crippen LogP contribution in [0.3, 0.4) is 0 Å². The van der Waals surface area contributed by atoms with Gasteiger partial charge in [0.25, 0.3) is 5.69 Å². The molecule has 1 saturated heterocycles. The first-order chi connectivity index (χ1) is 10.1. The second-order valence-electron chi connectivity index (χ2n) is 5.12. The number of rotatable bonds is 4. The van der Waals surface area contributed by atoms with Crippen molar-refractivity contribution in [3.05, 3.63) is 33.9 Å². The minimum Gasteiger partial charge on any atom is -0.395 e. The first-order valence-electron chi connectivity index (χ1n) is 6.85. The van der Waals surface area contributed by atoms with Crippen LogP contribution in [0, 0.1) is 21.4 Å². The highest BCUT2D eigenvalue weighted by Gasteiger charge is 2.23. The number of hydrogen-bond donors (Lipinski definition) is 1. The Morgan fingerprint density at radius 1 is 1.43 bits per heavy atom. The molecular weight excluding hydrogens is 272 g/mol. The Hall–Kier alpha value is -2.17. The van der Waals surface area contributed by atoms with Gasteiger partial charge in [0.1, 0.15) is 6.07 Å². The summed E-state index contributed by atoms with van der Waals surface area (Å²) in [5, 5.41) is 29.2. The van der Waals surface area contributed by atoms with Crippen molar-refractivity contribution in [2.24, 2.45) is 0 Å². The third kappa shape index (κ3) is 3.29.